The maximum absolute atomic E-state index is 10.1. The van der Waals surface area contributed by atoms with Crippen molar-refractivity contribution in [1.29, 1.82) is 5.26 Å². The van der Waals surface area contributed by atoms with E-state index in [0.29, 0.717) is 15.0 Å². The molecule has 0 saturated carbocycles. The third-order valence-corrected chi connectivity index (χ3v) is 5.09. The van der Waals surface area contributed by atoms with Gasteiger partial charge < -0.3 is 0 Å². The van der Waals surface area contributed by atoms with Gasteiger partial charge >= 0.3 is 110 Å². The van der Waals surface area contributed by atoms with Gasteiger partial charge in [-0.15, -0.1) is 0 Å². The van der Waals surface area contributed by atoms with Crippen molar-refractivity contribution in [1.82, 2.24) is 0 Å². The maximum atomic E-state index is 10.1. The molecule has 0 fully saturated rings. The molecule has 1 aromatic carbocycles. The van der Waals surface area contributed by atoms with Gasteiger partial charge in [0.1, 0.15) is 0 Å². The molecule has 0 bridgehead atoms. The molecule has 1 N–H and O–H groups in total. The van der Waals surface area contributed by atoms with Crippen LogP contribution in [0.2, 0.25) is 10.6 Å². The fourth-order valence-electron chi connectivity index (χ4n) is 1.54. The molecule has 2 atom stereocenters. The summed E-state index contributed by atoms with van der Waals surface area (Å²) in [6, 6.07) is 11.7. The molecule has 1 rings (SSSR count). The average Bonchev–Trinajstić information content (AvgIpc) is 2.39. The summed E-state index contributed by atoms with van der Waals surface area (Å²) in [5.41, 5.74) is 0.852. The fraction of sp³-hybridized carbons (Fsp3) is 0.500. The second-order valence-corrected chi connectivity index (χ2v) is 6.43. The Bertz CT molecular complexity index is 347. The van der Waals surface area contributed by atoms with Crippen molar-refractivity contribution in [3.8, 4) is 6.07 Å². The molecule has 3 heteroatoms. The number of rotatable bonds is 7. The van der Waals surface area contributed by atoms with Crippen LogP contribution in [0.4, 0.5) is 0 Å². The number of aliphatic hydroxyl groups is 1. The number of nitriles is 1. The van der Waals surface area contributed by atoms with Crippen molar-refractivity contribution in [2.75, 3.05) is 0 Å². The first-order chi connectivity index (χ1) is 8.29. The van der Waals surface area contributed by atoms with Crippen molar-refractivity contribution >= 4 is 15.0 Å². The van der Waals surface area contributed by atoms with Crippen LogP contribution in [0.3, 0.4) is 0 Å². The van der Waals surface area contributed by atoms with Crippen molar-refractivity contribution in [3.05, 3.63) is 35.9 Å². The van der Waals surface area contributed by atoms with Gasteiger partial charge in [0.2, 0.25) is 0 Å². The second-order valence-electron chi connectivity index (χ2n) is 4.02. The van der Waals surface area contributed by atoms with Gasteiger partial charge in [0.25, 0.3) is 0 Å². The molecule has 0 amide bonds. The molecule has 1 aromatic rings. The molecular weight excluding hydrogens is 277 g/mol. The van der Waals surface area contributed by atoms with Crippen LogP contribution in [-0.2, 0) is 0 Å². The zero-order chi connectivity index (χ0) is 12.5. The minimum absolute atomic E-state index is 0.255. The first kappa shape index (κ1) is 14.3. The van der Waals surface area contributed by atoms with Crippen LogP contribution in [-0.4, -0.2) is 20.1 Å². The van der Waals surface area contributed by atoms with E-state index in [2.05, 4.69) is 13.0 Å². The van der Waals surface area contributed by atoms with Gasteiger partial charge in [-0.25, -0.2) is 0 Å². The SMILES string of the molecule is CCCC[Se]CC(C#N)C(O)c1ccccc1. The van der Waals surface area contributed by atoms with Crippen molar-refractivity contribution < 1.29 is 5.11 Å². The number of aliphatic hydroxyl groups excluding tert-OH is 1. The zero-order valence-corrected chi connectivity index (χ0v) is 11.9. The summed E-state index contributed by atoms with van der Waals surface area (Å²) < 4.78 is 0. The molecule has 2 nitrogen and oxygen atoms in total. The molecule has 0 aromatic heterocycles. The van der Waals surface area contributed by atoms with Crippen LogP contribution in [0, 0.1) is 17.2 Å². The predicted octanol–water partition coefficient (Wildman–Crippen LogP) is 3.20. The number of benzene rings is 1. The van der Waals surface area contributed by atoms with E-state index < -0.39 is 6.10 Å². The Labute approximate surface area is 110 Å². The van der Waals surface area contributed by atoms with E-state index in [-0.39, 0.29) is 5.92 Å². The van der Waals surface area contributed by atoms with E-state index in [0.717, 1.165) is 10.9 Å². The first-order valence-corrected chi connectivity index (χ1v) is 8.42. The Kier molecular flexibility index (Phi) is 6.96. The summed E-state index contributed by atoms with van der Waals surface area (Å²) >= 11 is 0.478. The van der Waals surface area contributed by atoms with E-state index >= 15 is 0 Å². The standard InChI is InChI=1S/C14H19NOSe/c1-2-3-9-17-11-13(10-15)14(16)12-7-5-4-6-8-12/h4-8,13-14,16H,2-3,9,11H2,1H3. The number of hydrogen-bond donors (Lipinski definition) is 1. The average molecular weight is 296 g/mol. The number of nitrogens with zero attached hydrogens (tertiary/aromatic N) is 1. The van der Waals surface area contributed by atoms with Crippen molar-refractivity contribution in [2.45, 2.75) is 36.5 Å². The Morgan fingerprint density at radius 2 is 2.06 bits per heavy atom. The van der Waals surface area contributed by atoms with Crippen LogP contribution in [0.15, 0.2) is 30.3 Å². The van der Waals surface area contributed by atoms with Crippen LogP contribution in [0.1, 0.15) is 31.4 Å². The van der Waals surface area contributed by atoms with Gasteiger partial charge in [-0.2, -0.15) is 0 Å². The summed E-state index contributed by atoms with van der Waals surface area (Å²) in [5, 5.41) is 21.3. The molecule has 17 heavy (non-hydrogen) atoms. The molecule has 0 aliphatic rings. The zero-order valence-electron chi connectivity index (χ0n) is 10.2. The van der Waals surface area contributed by atoms with E-state index in [1.54, 1.807) is 0 Å². The molecule has 0 spiro atoms. The molecule has 0 aliphatic carbocycles. The van der Waals surface area contributed by atoms with Gasteiger partial charge in [0.05, 0.1) is 0 Å². The van der Waals surface area contributed by atoms with Crippen LogP contribution >= 0.6 is 0 Å². The van der Waals surface area contributed by atoms with E-state index in [1.165, 1.54) is 18.2 Å². The molecule has 0 saturated heterocycles. The normalized spacial score (nSPS) is 13.9. The van der Waals surface area contributed by atoms with E-state index in [4.69, 9.17) is 5.26 Å². The number of unbranched alkanes of at least 4 members (excludes halogenated alkanes) is 1. The van der Waals surface area contributed by atoms with Crippen molar-refractivity contribution in [2.24, 2.45) is 5.92 Å². The van der Waals surface area contributed by atoms with Crippen molar-refractivity contribution in [3.63, 3.8) is 0 Å². The summed E-state index contributed by atoms with van der Waals surface area (Å²) in [5.74, 6) is -0.255. The number of hydrogen-bond acceptors (Lipinski definition) is 2. The van der Waals surface area contributed by atoms with Crippen LogP contribution in [0.5, 0.6) is 0 Å². The molecule has 0 aliphatic heterocycles. The van der Waals surface area contributed by atoms with E-state index in [9.17, 15) is 5.11 Å². The quantitative estimate of drug-likeness (QED) is 0.620. The minimum atomic E-state index is -0.635. The van der Waals surface area contributed by atoms with E-state index in [1.807, 2.05) is 30.3 Å². The Hall–Kier alpha value is -0.811. The third-order valence-electron chi connectivity index (χ3n) is 2.63. The Balaban J connectivity index is 2.48. The van der Waals surface area contributed by atoms with Gasteiger partial charge in [0, 0.05) is 0 Å². The monoisotopic (exact) mass is 297 g/mol. The molecule has 0 heterocycles. The molecular formula is C14H19NOSe. The van der Waals surface area contributed by atoms with Gasteiger partial charge in [0.15, 0.2) is 0 Å². The second kappa shape index (κ2) is 8.31. The first-order valence-electron chi connectivity index (χ1n) is 6.00. The van der Waals surface area contributed by atoms with Crippen LogP contribution in [0.25, 0.3) is 0 Å². The summed E-state index contributed by atoms with van der Waals surface area (Å²) in [6.07, 6.45) is 1.81. The fourth-order valence-corrected chi connectivity index (χ4v) is 3.99. The summed E-state index contributed by atoms with van der Waals surface area (Å²) in [7, 11) is 0. The predicted molar refractivity (Wildman–Crippen MR) is 70.8 cm³/mol. The molecule has 92 valence electrons. The summed E-state index contributed by atoms with van der Waals surface area (Å²) in [6.45, 7) is 2.18. The summed E-state index contributed by atoms with van der Waals surface area (Å²) in [4.78, 5) is 0. The van der Waals surface area contributed by atoms with Crippen LogP contribution < -0.4 is 0 Å². The van der Waals surface area contributed by atoms with Gasteiger partial charge in [-0.3, -0.25) is 0 Å². The Morgan fingerprint density at radius 1 is 1.35 bits per heavy atom. The van der Waals surface area contributed by atoms with Gasteiger partial charge in [-0.1, -0.05) is 0 Å². The molecule has 2 unspecified atom stereocenters. The third kappa shape index (κ3) is 4.91. The molecule has 0 radical (unpaired) electrons. The topological polar surface area (TPSA) is 44.0 Å². The van der Waals surface area contributed by atoms with Gasteiger partial charge in [-0.05, 0) is 0 Å². The Morgan fingerprint density at radius 3 is 2.65 bits per heavy atom.